The van der Waals surface area contributed by atoms with Crippen LogP contribution in [0, 0.1) is 18.3 Å². The molecule has 6 heteroatoms. The van der Waals surface area contributed by atoms with Gasteiger partial charge in [-0.3, -0.25) is 0 Å². The van der Waals surface area contributed by atoms with Crippen molar-refractivity contribution in [3.8, 4) is 6.07 Å². The van der Waals surface area contributed by atoms with Gasteiger partial charge in [-0.05, 0) is 25.8 Å². The van der Waals surface area contributed by atoms with Crippen LogP contribution in [0.3, 0.4) is 0 Å². The molecule has 6 nitrogen and oxygen atoms in total. The van der Waals surface area contributed by atoms with Gasteiger partial charge in [0.25, 0.3) is 0 Å². The molecule has 0 bridgehead atoms. The first-order valence-electron chi connectivity index (χ1n) is 5.83. The zero-order chi connectivity index (χ0) is 13.2. The molecule has 94 valence electrons. The fourth-order valence-corrected chi connectivity index (χ4v) is 2.27. The van der Waals surface area contributed by atoms with E-state index in [4.69, 9.17) is 5.26 Å². The molecule has 0 saturated heterocycles. The smallest absolute Gasteiger partial charge is 0.329 e. The predicted octanol–water partition coefficient (Wildman–Crippen LogP) is 1.47. The summed E-state index contributed by atoms with van der Waals surface area (Å²) in [7, 11) is 0. The highest BCUT2D eigenvalue weighted by Crippen LogP contribution is 2.32. The van der Waals surface area contributed by atoms with E-state index in [0.29, 0.717) is 18.5 Å². The molecule has 0 aliphatic heterocycles. The van der Waals surface area contributed by atoms with Gasteiger partial charge in [-0.15, -0.1) is 0 Å². The zero-order valence-corrected chi connectivity index (χ0v) is 10.1. The second-order valence-corrected chi connectivity index (χ2v) is 4.55. The van der Waals surface area contributed by atoms with Crippen LogP contribution in [-0.4, -0.2) is 26.6 Å². The molecule has 0 radical (unpaired) electrons. The summed E-state index contributed by atoms with van der Waals surface area (Å²) >= 11 is 0. The van der Waals surface area contributed by atoms with Crippen LogP contribution in [0.5, 0.6) is 0 Å². The average molecular weight is 246 g/mol. The Labute approximate surface area is 105 Å². The first kappa shape index (κ1) is 12.3. The number of carbonyl (C=O) groups is 1. The van der Waals surface area contributed by atoms with E-state index < -0.39 is 11.5 Å². The molecule has 1 aromatic heterocycles. The molecule has 1 fully saturated rings. The van der Waals surface area contributed by atoms with Crippen LogP contribution in [0.25, 0.3) is 0 Å². The minimum atomic E-state index is -0.986. The molecule has 2 N–H and O–H groups in total. The summed E-state index contributed by atoms with van der Waals surface area (Å²) in [4.78, 5) is 19.5. The number of nitriles is 1. The lowest BCUT2D eigenvalue weighted by molar-refractivity contribution is -0.142. The van der Waals surface area contributed by atoms with Crippen LogP contribution in [0.15, 0.2) is 6.07 Å². The van der Waals surface area contributed by atoms with E-state index in [1.165, 1.54) is 0 Å². The van der Waals surface area contributed by atoms with Crippen LogP contribution in [0.1, 0.15) is 37.1 Å². The topological polar surface area (TPSA) is 98.9 Å². The third-order valence-corrected chi connectivity index (χ3v) is 3.19. The zero-order valence-electron chi connectivity index (χ0n) is 10.1. The van der Waals surface area contributed by atoms with Gasteiger partial charge in [-0.25, -0.2) is 14.8 Å². The highest BCUT2D eigenvalue weighted by atomic mass is 16.4. The number of hydrogen-bond acceptors (Lipinski definition) is 5. The molecule has 1 heterocycles. The van der Waals surface area contributed by atoms with Crippen molar-refractivity contribution in [1.29, 1.82) is 5.26 Å². The number of nitrogens with one attached hydrogen (secondary N) is 1. The van der Waals surface area contributed by atoms with E-state index in [1.54, 1.807) is 13.0 Å². The van der Waals surface area contributed by atoms with Crippen molar-refractivity contribution in [2.45, 2.75) is 38.1 Å². The van der Waals surface area contributed by atoms with Crippen LogP contribution >= 0.6 is 0 Å². The Hall–Kier alpha value is -2.16. The maximum absolute atomic E-state index is 11.4. The van der Waals surface area contributed by atoms with Gasteiger partial charge in [0.05, 0.1) is 0 Å². The Morgan fingerprint density at radius 3 is 2.72 bits per heavy atom. The molecule has 0 aromatic carbocycles. The van der Waals surface area contributed by atoms with E-state index >= 15 is 0 Å². The number of aliphatic carboxylic acids is 1. The SMILES string of the molecule is Cc1cc(C#N)nc(NC2(C(=O)O)CCCC2)n1. The summed E-state index contributed by atoms with van der Waals surface area (Å²) in [5.74, 6) is -0.667. The number of anilines is 1. The molecule has 0 atom stereocenters. The summed E-state index contributed by atoms with van der Waals surface area (Å²) in [5.41, 5.74) is -0.105. The standard InChI is InChI=1S/C12H14N4O2/c1-8-6-9(7-13)15-11(14-8)16-12(10(17)18)4-2-3-5-12/h6H,2-5H2,1H3,(H,17,18)(H,14,15,16). The Balaban J connectivity index is 2.30. The van der Waals surface area contributed by atoms with Crippen molar-refractivity contribution in [2.24, 2.45) is 0 Å². The molecule has 0 spiro atoms. The molecule has 1 aliphatic rings. The van der Waals surface area contributed by atoms with Gasteiger partial charge in [0, 0.05) is 5.69 Å². The third kappa shape index (κ3) is 2.25. The van der Waals surface area contributed by atoms with Crippen molar-refractivity contribution < 1.29 is 9.90 Å². The molecule has 1 saturated carbocycles. The lowest BCUT2D eigenvalue weighted by atomic mass is 9.98. The fourth-order valence-electron chi connectivity index (χ4n) is 2.27. The van der Waals surface area contributed by atoms with Crippen LogP contribution < -0.4 is 5.32 Å². The van der Waals surface area contributed by atoms with E-state index in [9.17, 15) is 9.90 Å². The summed E-state index contributed by atoms with van der Waals surface area (Å²) in [6, 6.07) is 3.50. The molecular formula is C12H14N4O2. The Kier molecular flexibility index (Phi) is 3.15. The van der Waals surface area contributed by atoms with Crippen LogP contribution in [0.4, 0.5) is 5.95 Å². The molecule has 0 amide bonds. The lowest BCUT2D eigenvalue weighted by Gasteiger charge is -2.25. The van der Waals surface area contributed by atoms with Crippen molar-refractivity contribution >= 4 is 11.9 Å². The predicted molar refractivity (Wildman–Crippen MR) is 63.9 cm³/mol. The number of rotatable bonds is 3. The average Bonchev–Trinajstić information content (AvgIpc) is 2.78. The largest absolute Gasteiger partial charge is 0.480 e. The van der Waals surface area contributed by atoms with Gasteiger partial charge in [-0.1, -0.05) is 12.8 Å². The van der Waals surface area contributed by atoms with Gasteiger partial charge in [0.15, 0.2) is 0 Å². The van der Waals surface area contributed by atoms with Crippen molar-refractivity contribution in [2.75, 3.05) is 5.32 Å². The number of nitrogens with zero attached hydrogens (tertiary/aromatic N) is 3. The molecule has 18 heavy (non-hydrogen) atoms. The van der Waals surface area contributed by atoms with Crippen LogP contribution in [-0.2, 0) is 4.79 Å². The van der Waals surface area contributed by atoms with Crippen molar-refractivity contribution in [1.82, 2.24) is 9.97 Å². The van der Waals surface area contributed by atoms with Gasteiger partial charge < -0.3 is 10.4 Å². The molecule has 2 rings (SSSR count). The fraction of sp³-hybridized carbons (Fsp3) is 0.500. The molecule has 1 aliphatic carbocycles. The van der Waals surface area contributed by atoms with Crippen LogP contribution in [0.2, 0.25) is 0 Å². The minimum absolute atomic E-state index is 0.218. The van der Waals surface area contributed by atoms with Gasteiger partial charge in [-0.2, -0.15) is 5.26 Å². The summed E-state index contributed by atoms with van der Waals surface area (Å²) in [6.07, 6.45) is 2.86. The summed E-state index contributed by atoms with van der Waals surface area (Å²) in [5, 5.41) is 21.1. The Morgan fingerprint density at radius 2 is 2.17 bits per heavy atom. The number of hydrogen-bond donors (Lipinski definition) is 2. The van der Waals surface area contributed by atoms with E-state index in [0.717, 1.165) is 12.8 Å². The highest BCUT2D eigenvalue weighted by molar-refractivity contribution is 5.82. The number of carboxylic acid groups (broad SMARTS) is 1. The van der Waals surface area contributed by atoms with E-state index in [2.05, 4.69) is 15.3 Å². The summed E-state index contributed by atoms with van der Waals surface area (Å²) < 4.78 is 0. The molecule has 0 unspecified atom stereocenters. The Bertz CT molecular complexity index is 515. The highest BCUT2D eigenvalue weighted by Gasteiger charge is 2.42. The van der Waals surface area contributed by atoms with Gasteiger partial charge >= 0.3 is 5.97 Å². The first-order valence-corrected chi connectivity index (χ1v) is 5.83. The van der Waals surface area contributed by atoms with E-state index in [-0.39, 0.29) is 11.6 Å². The maximum atomic E-state index is 11.4. The van der Waals surface area contributed by atoms with Gasteiger partial charge in [0.1, 0.15) is 17.3 Å². The summed E-state index contributed by atoms with van der Waals surface area (Å²) in [6.45, 7) is 1.75. The normalized spacial score (nSPS) is 17.1. The second-order valence-electron chi connectivity index (χ2n) is 4.55. The van der Waals surface area contributed by atoms with E-state index in [1.807, 2.05) is 6.07 Å². The molecular weight excluding hydrogens is 232 g/mol. The van der Waals surface area contributed by atoms with Crippen molar-refractivity contribution in [3.63, 3.8) is 0 Å². The first-order chi connectivity index (χ1) is 8.55. The molecule has 1 aromatic rings. The number of aryl methyl sites for hydroxylation is 1. The second kappa shape index (κ2) is 4.61. The number of aromatic nitrogens is 2. The monoisotopic (exact) mass is 246 g/mol. The maximum Gasteiger partial charge on any atom is 0.329 e. The quantitative estimate of drug-likeness (QED) is 0.837. The third-order valence-electron chi connectivity index (χ3n) is 3.19. The van der Waals surface area contributed by atoms with Crippen molar-refractivity contribution in [3.05, 3.63) is 17.5 Å². The lowest BCUT2D eigenvalue weighted by Crippen LogP contribution is -2.44. The number of carboxylic acids is 1. The minimum Gasteiger partial charge on any atom is -0.480 e. The Morgan fingerprint density at radius 1 is 1.50 bits per heavy atom. The van der Waals surface area contributed by atoms with Gasteiger partial charge in [0.2, 0.25) is 5.95 Å².